The number of primary amides is 1. The number of hydrogen-bond donors (Lipinski definition) is 1. The van der Waals surface area contributed by atoms with Gasteiger partial charge in [0.05, 0.1) is 16.4 Å². The molecule has 2 N–H and O–H groups in total. The van der Waals surface area contributed by atoms with E-state index in [4.69, 9.17) is 28.9 Å². The van der Waals surface area contributed by atoms with E-state index in [9.17, 15) is 4.79 Å². The molecule has 2 fully saturated rings. The molecule has 0 radical (unpaired) electrons. The summed E-state index contributed by atoms with van der Waals surface area (Å²) in [7, 11) is 0. The minimum absolute atomic E-state index is 0.198. The average Bonchev–Trinajstić information content (AvgIpc) is 3.43. The fourth-order valence-electron chi connectivity index (χ4n) is 4.90. The van der Waals surface area contributed by atoms with Crippen molar-refractivity contribution in [2.24, 2.45) is 17.6 Å². The number of carbonyl (C=O) groups is 1. The van der Waals surface area contributed by atoms with E-state index in [1.165, 1.54) is 19.3 Å². The monoisotopic (exact) mass is 440 g/mol. The molecule has 2 unspecified atom stereocenters. The van der Waals surface area contributed by atoms with Gasteiger partial charge in [0.15, 0.2) is 0 Å². The lowest BCUT2D eigenvalue weighted by Crippen LogP contribution is -2.22. The van der Waals surface area contributed by atoms with Gasteiger partial charge in [0.2, 0.25) is 0 Å². The van der Waals surface area contributed by atoms with Crippen molar-refractivity contribution in [2.75, 3.05) is 18.0 Å². The standard InChI is InChI=1S/C23H22Cl2N4O/c24-16-8-9-20(21(10-16)28-11-14-4-3-5-15(14)12-28)29-13-19(22(26)30)27-23(29)17-6-1-2-7-18(17)25/h1-2,6-10,13-15H,3-5,11-12H2,(H2,26,30). The zero-order valence-electron chi connectivity index (χ0n) is 16.4. The van der Waals surface area contributed by atoms with Gasteiger partial charge in [-0.1, -0.05) is 41.8 Å². The topological polar surface area (TPSA) is 64.2 Å². The molecule has 154 valence electrons. The molecule has 2 atom stereocenters. The maximum Gasteiger partial charge on any atom is 0.268 e. The second kappa shape index (κ2) is 7.64. The lowest BCUT2D eigenvalue weighted by Gasteiger charge is -2.24. The predicted octanol–water partition coefficient (Wildman–Crippen LogP) is 5.18. The SMILES string of the molecule is NC(=O)c1cn(-c2ccc(Cl)cc2N2CC3CCCC3C2)c(-c2ccccc2Cl)n1. The number of nitrogens with two attached hydrogens (primary N) is 1. The molecule has 5 rings (SSSR count). The summed E-state index contributed by atoms with van der Waals surface area (Å²) in [6.07, 6.45) is 5.59. The Balaban J connectivity index is 1.66. The smallest absolute Gasteiger partial charge is 0.268 e. The first kappa shape index (κ1) is 19.5. The fraction of sp³-hybridized carbons (Fsp3) is 0.304. The quantitative estimate of drug-likeness (QED) is 0.607. The molecule has 3 aromatic rings. The van der Waals surface area contributed by atoms with Crippen molar-refractivity contribution in [3.05, 3.63) is 64.4 Å². The van der Waals surface area contributed by atoms with Crippen molar-refractivity contribution in [3.63, 3.8) is 0 Å². The lowest BCUT2D eigenvalue weighted by atomic mass is 10.0. The van der Waals surface area contributed by atoms with Crippen LogP contribution in [0.2, 0.25) is 10.0 Å². The van der Waals surface area contributed by atoms with Crippen LogP contribution in [0.1, 0.15) is 29.8 Å². The lowest BCUT2D eigenvalue weighted by molar-refractivity contribution is 0.0996. The molecule has 1 aromatic heterocycles. The van der Waals surface area contributed by atoms with Crippen molar-refractivity contribution in [1.82, 2.24) is 9.55 Å². The Hall–Kier alpha value is -2.50. The van der Waals surface area contributed by atoms with Crippen LogP contribution in [0.15, 0.2) is 48.7 Å². The average molecular weight is 441 g/mol. The summed E-state index contributed by atoms with van der Waals surface area (Å²) in [5, 5.41) is 1.24. The number of amides is 1. The normalized spacial score (nSPS) is 20.5. The van der Waals surface area contributed by atoms with Crippen LogP contribution in [0.3, 0.4) is 0 Å². The molecule has 7 heteroatoms. The third-order valence-electron chi connectivity index (χ3n) is 6.34. The number of rotatable bonds is 4. The maximum absolute atomic E-state index is 11.9. The summed E-state index contributed by atoms with van der Waals surface area (Å²) < 4.78 is 1.90. The van der Waals surface area contributed by atoms with E-state index in [0.717, 1.165) is 41.9 Å². The molecule has 1 saturated carbocycles. The van der Waals surface area contributed by atoms with Crippen LogP contribution < -0.4 is 10.6 Å². The van der Waals surface area contributed by atoms with E-state index < -0.39 is 5.91 Å². The summed E-state index contributed by atoms with van der Waals surface area (Å²) in [4.78, 5) is 18.9. The van der Waals surface area contributed by atoms with Gasteiger partial charge in [-0.05, 0) is 55.0 Å². The molecule has 1 aliphatic heterocycles. The molecule has 0 bridgehead atoms. The highest BCUT2D eigenvalue weighted by atomic mass is 35.5. The molecule has 2 aromatic carbocycles. The van der Waals surface area contributed by atoms with Crippen LogP contribution in [-0.4, -0.2) is 28.5 Å². The minimum atomic E-state index is -0.576. The van der Waals surface area contributed by atoms with Gasteiger partial charge in [-0.3, -0.25) is 9.36 Å². The van der Waals surface area contributed by atoms with Crippen molar-refractivity contribution in [2.45, 2.75) is 19.3 Å². The zero-order valence-corrected chi connectivity index (χ0v) is 17.9. The number of hydrogen-bond acceptors (Lipinski definition) is 3. The van der Waals surface area contributed by atoms with E-state index in [-0.39, 0.29) is 5.69 Å². The summed E-state index contributed by atoms with van der Waals surface area (Å²) in [5.74, 6) is 1.48. The minimum Gasteiger partial charge on any atom is -0.369 e. The first-order chi connectivity index (χ1) is 14.5. The van der Waals surface area contributed by atoms with Crippen LogP contribution in [0, 0.1) is 11.8 Å². The Morgan fingerprint density at radius 2 is 1.77 bits per heavy atom. The maximum atomic E-state index is 11.9. The fourth-order valence-corrected chi connectivity index (χ4v) is 5.29. The van der Waals surface area contributed by atoms with Crippen molar-refractivity contribution in [1.29, 1.82) is 0 Å². The van der Waals surface area contributed by atoms with Gasteiger partial charge in [-0.15, -0.1) is 0 Å². The number of halogens is 2. The summed E-state index contributed by atoms with van der Waals surface area (Å²) >= 11 is 12.9. The van der Waals surface area contributed by atoms with Gasteiger partial charge >= 0.3 is 0 Å². The molecule has 0 spiro atoms. The van der Waals surface area contributed by atoms with E-state index in [1.54, 1.807) is 6.20 Å². The van der Waals surface area contributed by atoms with Crippen LogP contribution >= 0.6 is 23.2 Å². The Kier molecular flexibility index (Phi) is 4.95. The molecular weight excluding hydrogens is 419 g/mol. The number of imidazole rings is 1. The van der Waals surface area contributed by atoms with Crippen LogP contribution in [0.5, 0.6) is 0 Å². The van der Waals surface area contributed by atoms with Crippen molar-refractivity contribution >= 4 is 34.8 Å². The molecule has 30 heavy (non-hydrogen) atoms. The molecular formula is C23H22Cl2N4O. The molecule has 5 nitrogen and oxygen atoms in total. The molecule has 2 aliphatic rings. The number of fused-ring (bicyclic) bond motifs is 1. The van der Waals surface area contributed by atoms with Gasteiger partial charge in [0.25, 0.3) is 5.91 Å². The number of carbonyl (C=O) groups excluding carboxylic acids is 1. The highest BCUT2D eigenvalue weighted by Gasteiger charge is 2.37. The van der Waals surface area contributed by atoms with E-state index in [1.807, 2.05) is 47.0 Å². The van der Waals surface area contributed by atoms with Gasteiger partial charge in [0, 0.05) is 29.9 Å². The molecule has 2 heterocycles. The highest BCUT2D eigenvalue weighted by molar-refractivity contribution is 6.33. The highest BCUT2D eigenvalue weighted by Crippen LogP contribution is 2.42. The second-order valence-electron chi connectivity index (χ2n) is 8.15. The molecule has 1 saturated heterocycles. The first-order valence-corrected chi connectivity index (χ1v) is 11.0. The van der Waals surface area contributed by atoms with E-state index in [0.29, 0.717) is 15.9 Å². The van der Waals surface area contributed by atoms with Gasteiger partial charge in [-0.25, -0.2) is 4.98 Å². The molecule has 1 amide bonds. The van der Waals surface area contributed by atoms with Crippen LogP contribution in [-0.2, 0) is 0 Å². The van der Waals surface area contributed by atoms with E-state index in [2.05, 4.69) is 9.88 Å². The first-order valence-electron chi connectivity index (χ1n) is 10.2. The number of aromatic nitrogens is 2. The third kappa shape index (κ3) is 3.36. The van der Waals surface area contributed by atoms with Crippen LogP contribution in [0.25, 0.3) is 17.1 Å². The van der Waals surface area contributed by atoms with Gasteiger partial charge in [-0.2, -0.15) is 0 Å². The number of benzene rings is 2. The van der Waals surface area contributed by atoms with Crippen LogP contribution in [0.4, 0.5) is 5.69 Å². The Morgan fingerprint density at radius 1 is 1.03 bits per heavy atom. The van der Waals surface area contributed by atoms with Crippen molar-refractivity contribution in [3.8, 4) is 17.1 Å². The third-order valence-corrected chi connectivity index (χ3v) is 6.90. The largest absolute Gasteiger partial charge is 0.369 e. The predicted molar refractivity (Wildman–Crippen MR) is 121 cm³/mol. The Morgan fingerprint density at radius 3 is 2.47 bits per heavy atom. The summed E-state index contributed by atoms with van der Waals surface area (Å²) in [6, 6.07) is 13.3. The number of anilines is 1. The summed E-state index contributed by atoms with van der Waals surface area (Å²) in [5.41, 5.74) is 8.45. The Bertz CT molecular complexity index is 1110. The second-order valence-corrected chi connectivity index (χ2v) is 9.00. The number of nitrogens with zero attached hydrogens (tertiary/aromatic N) is 3. The summed E-state index contributed by atoms with van der Waals surface area (Å²) in [6.45, 7) is 2.05. The molecule has 1 aliphatic carbocycles. The van der Waals surface area contributed by atoms with Gasteiger partial charge in [0.1, 0.15) is 11.5 Å². The Labute approximate surface area is 185 Å². The van der Waals surface area contributed by atoms with Crippen molar-refractivity contribution < 1.29 is 4.79 Å². The van der Waals surface area contributed by atoms with Gasteiger partial charge < -0.3 is 10.6 Å². The van der Waals surface area contributed by atoms with E-state index >= 15 is 0 Å². The zero-order chi connectivity index (χ0) is 20.8.